The Balaban J connectivity index is 1.58. The van der Waals surface area contributed by atoms with Crippen LogP contribution in [0.2, 0.25) is 5.02 Å². The van der Waals surface area contributed by atoms with Crippen LogP contribution in [0.5, 0.6) is 0 Å². The number of halogens is 1. The molecule has 1 aliphatic rings. The van der Waals surface area contributed by atoms with Gasteiger partial charge in [-0.15, -0.1) is 0 Å². The molecule has 1 amide bonds. The zero-order valence-electron chi connectivity index (χ0n) is 17.7. The van der Waals surface area contributed by atoms with E-state index >= 15 is 0 Å². The van der Waals surface area contributed by atoms with Gasteiger partial charge in [0.05, 0.1) is 24.7 Å². The van der Waals surface area contributed by atoms with E-state index in [1.54, 1.807) is 12.1 Å². The quantitative estimate of drug-likeness (QED) is 0.624. The molecule has 3 rings (SSSR count). The van der Waals surface area contributed by atoms with Gasteiger partial charge >= 0.3 is 0 Å². The van der Waals surface area contributed by atoms with Gasteiger partial charge in [-0.05, 0) is 47.9 Å². The highest BCUT2D eigenvalue weighted by atomic mass is 35.5. The van der Waals surface area contributed by atoms with Crippen LogP contribution in [0.25, 0.3) is 0 Å². The van der Waals surface area contributed by atoms with Crippen molar-refractivity contribution in [2.45, 2.75) is 24.8 Å². The number of carbonyl (C=O) groups excluding carboxylic acids is 1. The number of ether oxygens (including phenoxy) is 1. The maximum atomic E-state index is 12.7. The van der Waals surface area contributed by atoms with E-state index in [9.17, 15) is 13.2 Å². The van der Waals surface area contributed by atoms with E-state index in [0.717, 1.165) is 5.56 Å². The lowest BCUT2D eigenvalue weighted by Gasteiger charge is -2.26. The third-order valence-electron chi connectivity index (χ3n) is 5.12. The standard InChI is InChI=1S/C22H28ClN3O4S/c1-16(2)22(17-3-5-18(23)6-4-17)24-15-21(27)25-19-7-9-20(10-8-19)31(28,29)26-11-13-30-14-12-26/h3-10,16,22,24H,11-15H2,1-2H3,(H,25,27). The molecule has 1 saturated heterocycles. The van der Waals surface area contributed by atoms with Crippen LogP contribution in [0.3, 0.4) is 0 Å². The van der Waals surface area contributed by atoms with E-state index in [4.69, 9.17) is 16.3 Å². The number of hydrogen-bond acceptors (Lipinski definition) is 5. The zero-order chi connectivity index (χ0) is 22.4. The van der Waals surface area contributed by atoms with Gasteiger partial charge in [0.1, 0.15) is 0 Å². The van der Waals surface area contributed by atoms with Crippen LogP contribution in [0.15, 0.2) is 53.4 Å². The summed E-state index contributed by atoms with van der Waals surface area (Å²) in [5.74, 6) is 0.0713. The minimum absolute atomic E-state index is 0.00376. The number of nitrogens with one attached hydrogen (secondary N) is 2. The monoisotopic (exact) mass is 465 g/mol. The van der Waals surface area contributed by atoms with Crippen molar-refractivity contribution in [1.29, 1.82) is 0 Å². The summed E-state index contributed by atoms with van der Waals surface area (Å²) in [6, 6.07) is 13.8. The van der Waals surface area contributed by atoms with Crippen molar-refractivity contribution < 1.29 is 17.9 Å². The predicted molar refractivity (Wildman–Crippen MR) is 122 cm³/mol. The summed E-state index contributed by atoms with van der Waals surface area (Å²) < 4.78 is 32.0. The molecule has 0 spiro atoms. The van der Waals surface area contributed by atoms with Crippen molar-refractivity contribution in [3.8, 4) is 0 Å². The average Bonchev–Trinajstić information content (AvgIpc) is 2.76. The minimum atomic E-state index is -3.55. The van der Waals surface area contributed by atoms with Gasteiger partial charge < -0.3 is 15.4 Å². The van der Waals surface area contributed by atoms with Crippen LogP contribution in [0.1, 0.15) is 25.5 Å². The summed E-state index contributed by atoms with van der Waals surface area (Å²) in [5, 5.41) is 6.76. The first-order chi connectivity index (χ1) is 14.8. The molecule has 168 valence electrons. The van der Waals surface area contributed by atoms with Crippen molar-refractivity contribution in [3.63, 3.8) is 0 Å². The molecule has 2 aromatic rings. The van der Waals surface area contributed by atoms with Crippen LogP contribution in [0.4, 0.5) is 5.69 Å². The Kier molecular flexibility index (Phi) is 8.07. The van der Waals surface area contributed by atoms with Crippen molar-refractivity contribution in [3.05, 3.63) is 59.1 Å². The summed E-state index contributed by atoms with van der Waals surface area (Å²) in [4.78, 5) is 12.6. The molecule has 31 heavy (non-hydrogen) atoms. The second kappa shape index (κ2) is 10.6. The fourth-order valence-electron chi connectivity index (χ4n) is 3.46. The Labute approximate surface area is 188 Å². The zero-order valence-corrected chi connectivity index (χ0v) is 19.2. The van der Waals surface area contributed by atoms with E-state index < -0.39 is 10.0 Å². The van der Waals surface area contributed by atoms with Crippen LogP contribution in [0, 0.1) is 5.92 Å². The summed E-state index contributed by atoms with van der Waals surface area (Å²) >= 11 is 5.97. The number of nitrogens with zero attached hydrogens (tertiary/aromatic N) is 1. The molecule has 7 nitrogen and oxygen atoms in total. The van der Waals surface area contributed by atoms with Gasteiger partial charge in [-0.25, -0.2) is 8.42 Å². The summed E-state index contributed by atoms with van der Waals surface area (Å²) in [5.41, 5.74) is 1.60. The third kappa shape index (κ3) is 6.27. The highest BCUT2D eigenvalue weighted by molar-refractivity contribution is 7.89. The molecular formula is C22H28ClN3O4S. The normalized spacial score (nSPS) is 16.3. The van der Waals surface area contributed by atoms with Gasteiger partial charge in [0.15, 0.2) is 0 Å². The van der Waals surface area contributed by atoms with Crippen LogP contribution in [-0.2, 0) is 19.6 Å². The van der Waals surface area contributed by atoms with Crippen molar-refractivity contribution in [2.24, 2.45) is 5.92 Å². The molecule has 0 aromatic heterocycles. The molecular weight excluding hydrogens is 438 g/mol. The Morgan fingerprint density at radius 3 is 2.26 bits per heavy atom. The molecule has 0 saturated carbocycles. The fourth-order valence-corrected chi connectivity index (χ4v) is 5.00. The van der Waals surface area contributed by atoms with Gasteiger partial charge in [0.25, 0.3) is 0 Å². The molecule has 1 heterocycles. The van der Waals surface area contributed by atoms with Crippen molar-refractivity contribution in [1.82, 2.24) is 9.62 Å². The molecule has 1 fully saturated rings. The first-order valence-electron chi connectivity index (χ1n) is 10.2. The lowest BCUT2D eigenvalue weighted by atomic mass is 9.96. The predicted octanol–water partition coefficient (Wildman–Crippen LogP) is 3.29. The molecule has 0 radical (unpaired) electrons. The molecule has 1 atom stereocenters. The van der Waals surface area contributed by atoms with E-state index in [-0.39, 0.29) is 29.3 Å². The van der Waals surface area contributed by atoms with Gasteiger partial charge in [0, 0.05) is 29.8 Å². The Hall–Kier alpha value is -1.97. The molecule has 0 aliphatic carbocycles. The number of sulfonamides is 1. The summed E-state index contributed by atoms with van der Waals surface area (Å²) in [6.07, 6.45) is 0. The maximum Gasteiger partial charge on any atom is 0.243 e. The summed E-state index contributed by atoms with van der Waals surface area (Å²) in [6.45, 7) is 5.77. The van der Waals surface area contributed by atoms with Gasteiger partial charge in [-0.3, -0.25) is 4.79 Å². The first kappa shape index (κ1) is 23.7. The van der Waals surface area contributed by atoms with Crippen molar-refractivity contribution >= 4 is 33.2 Å². The molecule has 2 N–H and O–H groups in total. The van der Waals surface area contributed by atoms with E-state index in [1.807, 2.05) is 24.3 Å². The van der Waals surface area contributed by atoms with Gasteiger partial charge in [0.2, 0.25) is 15.9 Å². The van der Waals surface area contributed by atoms with E-state index in [2.05, 4.69) is 24.5 Å². The topological polar surface area (TPSA) is 87.7 Å². The number of hydrogen-bond donors (Lipinski definition) is 2. The van der Waals surface area contributed by atoms with E-state index in [0.29, 0.717) is 37.0 Å². The highest BCUT2D eigenvalue weighted by Crippen LogP contribution is 2.23. The van der Waals surface area contributed by atoms with Crippen LogP contribution >= 0.6 is 11.6 Å². The van der Waals surface area contributed by atoms with E-state index in [1.165, 1.54) is 16.4 Å². The SMILES string of the molecule is CC(C)C(NCC(=O)Nc1ccc(S(=O)(=O)N2CCOCC2)cc1)c1ccc(Cl)cc1. The molecule has 1 unspecified atom stereocenters. The number of carbonyl (C=O) groups is 1. The highest BCUT2D eigenvalue weighted by Gasteiger charge is 2.26. The maximum absolute atomic E-state index is 12.7. The lowest BCUT2D eigenvalue weighted by molar-refractivity contribution is -0.115. The number of morpholine rings is 1. The molecule has 9 heteroatoms. The Morgan fingerprint density at radius 2 is 1.68 bits per heavy atom. The fraction of sp³-hybridized carbons (Fsp3) is 0.409. The van der Waals surface area contributed by atoms with Gasteiger partial charge in [-0.2, -0.15) is 4.31 Å². The second-order valence-corrected chi connectivity index (χ2v) is 10.1. The number of benzene rings is 2. The lowest BCUT2D eigenvalue weighted by Crippen LogP contribution is -2.40. The minimum Gasteiger partial charge on any atom is -0.379 e. The first-order valence-corrected chi connectivity index (χ1v) is 12.1. The molecule has 1 aliphatic heterocycles. The second-order valence-electron chi connectivity index (χ2n) is 7.74. The largest absolute Gasteiger partial charge is 0.379 e. The molecule has 0 bridgehead atoms. The smallest absolute Gasteiger partial charge is 0.243 e. The average molecular weight is 466 g/mol. The Bertz CT molecular complexity index is 973. The summed E-state index contributed by atoms with van der Waals surface area (Å²) in [7, 11) is -3.55. The van der Waals surface area contributed by atoms with Crippen molar-refractivity contribution in [2.75, 3.05) is 38.2 Å². The van der Waals surface area contributed by atoms with Gasteiger partial charge in [-0.1, -0.05) is 37.6 Å². The van der Waals surface area contributed by atoms with Crippen LogP contribution in [-0.4, -0.2) is 51.5 Å². The van der Waals surface area contributed by atoms with Crippen LogP contribution < -0.4 is 10.6 Å². The number of anilines is 1. The third-order valence-corrected chi connectivity index (χ3v) is 7.29. The molecule has 2 aromatic carbocycles. The Morgan fingerprint density at radius 1 is 1.06 bits per heavy atom. The number of rotatable bonds is 8. The number of amides is 1.